The zero-order valence-electron chi connectivity index (χ0n) is 11.4. The van der Waals surface area contributed by atoms with E-state index in [9.17, 15) is 4.79 Å². The Morgan fingerprint density at radius 2 is 2.18 bits per heavy atom. The summed E-state index contributed by atoms with van der Waals surface area (Å²) in [6, 6.07) is 0. The number of alkyl halides is 1. The van der Waals surface area contributed by atoms with Gasteiger partial charge in [0.05, 0.1) is 0 Å². The fourth-order valence-corrected chi connectivity index (χ4v) is 2.77. The van der Waals surface area contributed by atoms with Gasteiger partial charge in [-0.15, -0.1) is 11.6 Å². The summed E-state index contributed by atoms with van der Waals surface area (Å²) in [6.45, 7) is 7.22. The van der Waals surface area contributed by atoms with Gasteiger partial charge in [0.25, 0.3) is 0 Å². The number of carbonyl (C=O) groups excluding carboxylic acids is 1. The van der Waals surface area contributed by atoms with Crippen LogP contribution in [0.3, 0.4) is 0 Å². The Balaban J connectivity index is 2.36. The van der Waals surface area contributed by atoms with Gasteiger partial charge in [-0.25, -0.2) is 0 Å². The second-order valence-electron chi connectivity index (χ2n) is 5.87. The molecule has 0 aromatic rings. The standard InChI is InChI=1S/C14H26ClNO/c1-4-11(15)8-10-16-13(17)12-7-5-6-9-14(12,2)3/h11-12H,4-10H2,1-3H3,(H,16,17). The molecule has 100 valence electrons. The average Bonchev–Trinajstić information content (AvgIpc) is 2.27. The van der Waals surface area contributed by atoms with Crippen LogP contribution in [0, 0.1) is 11.3 Å². The quantitative estimate of drug-likeness (QED) is 0.749. The highest BCUT2D eigenvalue weighted by atomic mass is 35.5. The van der Waals surface area contributed by atoms with Crippen LogP contribution in [-0.4, -0.2) is 17.8 Å². The fraction of sp³-hybridized carbons (Fsp3) is 0.929. The fourth-order valence-electron chi connectivity index (χ4n) is 2.66. The summed E-state index contributed by atoms with van der Waals surface area (Å²) in [5.41, 5.74) is 0.160. The first kappa shape index (κ1) is 14.8. The summed E-state index contributed by atoms with van der Waals surface area (Å²) >= 11 is 6.04. The number of carbonyl (C=O) groups is 1. The third-order valence-corrected chi connectivity index (χ3v) is 4.55. The van der Waals surface area contributed by atoms with E-state index in [0.29, 0.717) is 6.54 Å². The summed E-state index contributed by atoms with van der Waals surface area (Å²) in [7, 11) is 0. The maximum atomic E-state index is 12.1. The Morgan fingerprint density at radius 1 is 1.47 bits per heavy atom. The third-order valence-electron chi connectivity index (χ3n) is 4.02. The van der Waals surface area contributed by atoms with Crippen molar-refractivity contribution in [1.29, 1.82) is 0 Å². The largest absolute Gasteiger partial charge is 0.356 e. The van der Waals surface area contributed by atoms with Gasteiger partial charge in [-0.1, -0.05) is 33.6 Å². The van der Waals surface area contributed by atoms with Crippen LogP contribution < -0.4 is 5.32 Å². The van der Waals surface area contributed by atoms with E-state index in [2.05, 4.69) is 26.1 Å². The number of rotatable bonds is 5. The van der Waals surface area contributed by atoms with E-state index in [1.165, 1.54) is 12.8 Å². The Labute approximate surface area is 110 Å². The van der Waals surface area contributed by atoms with Crippen LogP contribution in [0.25, 0.3) is 0 Å². The molecule has 1 N–H and O–H groups in total. The molecule has 3 heteroatoms. The lowest BCUT2D eigenvalue weighted by Crippen LogP contribution is -2.41. The third kappa shape index (κ3) is 4.50. The van der Waals surface area contributed by atoms with Crippen molar-refractivity contribution in [3.63, 3.8) is 0 Å². The molecule has 0 aromatic heterocycles. The number of hydrogen-bond acceptors (Lipinski definition) is 1. The van der Waals surface area contributed by atoms with Gasteiger partial charge >= 0.3 is 0 Å². The molecule has 1 aliphatic carbocycles. The first-order valence-corrected chi connectivity index (χ1v) is 7.33. The summed E-state index contributed by atoms with van der Waals surface area (Å²) in [5.74, 6) is 0.418. The molecule has 2 atom stereocenters. The molecule has 2 nitrogen and oxygen atoms in total. The number of amides is 1. The summed E-state index contributed by atoms with van der Waals surface area (Å²) < 4.78 is 0. The Kier molecular flexibility index (Phi) is 5.78. The van der Waals surface area contributed by atoms with Crippen molar-refractivity contribution < 1.29 is 4.79 Å². The molecule has 0 spiro atoms. The van der Waals surface area contributed by atoms with Gasteiger partial charge in [-0.3, -0.25) is 4.79 Å². The van der Waals surface area contributed by atoms with Crippen molar-refractivity contribution in [3.8, 4) is 0 Å². The average molecular weight is 260 g/mol. The van der Waals surface area contributed by atoms with Crippen molar-refractivity contribution in [2.24, 2.45) is 11.3 Å². The number of nitrogens with one attached hydrogen (secondary N) is 1. The summed E-state index contributed by atoms with van der Waals surface area (Å²) in [6.07, 6.45) is 6.49. The van der Waals surface area contributed by atoms with Gasteiger partial charge in [0.15, 0.2) is 0 Å². The summed E-state index contributed by atoms with van der Waals surface area (Å²) in [4.78, 5) is 12.1. The molecule has 0 heterocycles. The minimum atomic E-state index is 0.160. The molecule has 1 fully saturated rings. The summed E-state index contributed by atoms with van der Waals surface area (Å²) in [5, 5.41) is 3.24. The van der Waals surface area contributed by atoms with Crippen LogP contribution in [0.2, 0.25) is 0 Å². The van der Waals surface area contributed by atoms with E-state index >= 15 is 0 Å². The highest BCUT2D eigenvalue weighted by Gasteiger charge is 2.36. The molecule has 0 radical (unpaired) electrons. The second-order valence-corrected chi connectivity index (χ2v) is 6.49. The number of halogens is 1. The van der Waals surface area contributed by atoms with Gasteiger partial charge in [0.2, 0.25) is 5.91 Å². The topological polar surface area (TPSA) is 29.1 Å². The Bertz CT molecular complexity index is 253. The lowest BCUT2D eigenvalue weighted by molar-refractivity contribution is -0.130. The van der Waals surface area contributed by atoms with E-state index in [1.54, 1.807) is 0 Å². The highest BCUT2D eigenvalue weighted by molar-refractivity contribution is 6.20. The van der Waals surface area contributed by atoms with Crippen molar-refractivity contribution in [1.82, 2.24) is 5.32 Å². The molecule has 2 unspecified atom stereocenters. The SMILES string of the molecule is CCC(Cl)CCNC(=O)C1CCCCC1(C)C. The van der Waals surface area contributed by atoms with Crippen LogP contribution in [-0.2, 0) is 4.79 Å². The molecule has 1 aliphatic rings. The zero-order valence-corrected chi connectivity index (χ0v) is 12.1. The normalized spacial score (nSPS) is 25.3. The van der Waals surface area contributed by atoms with Crippen molar-refractivity contribution in [2.45, 2.75) is 64.7 Å². The molecular weight excluding hydrogens is 234 g/mol. The van der Waals surface area contributed by atoms with Gasteiger partial charge in [0.1, 0.15) is 0 Å². The maximum absolute atomic E-state index is 12.1. The second kappa shape index (κ2) is 6.63. The lowest BCUT2D eigenvalue weighted by Gasteiger charge is -2.37. The molecule has 0 aliphatic heterocycles. The molecule has 0 saturated heterocycles. The van der Waals surface area contributed by atoms with Crippen LogP contribution in [0.5, 0.6) is 0 Å². The van der Waals surface area contributed by atoms with Crippen LogP contribution in [0.4, 0.5) is 0 Å². The van der Waals surface area contributed by atoms with Gasteiger partial charge in [-0.05, 0) is 31.1 Å². The smallest absolute Gasteiger partial charge is 0.223 e. The molecule has 0 bridgehead atoms. The minimum absolute atomic E-state index is 0.160. The molecule has 1 amide bonds. The minimum Gasteiger partial charge on any atom is -0.356 e. The Hall–Kier alpha value is -0.240. The van der Waals surface area contributed by atoms with Crippen LogP contribution in [0.1, 0.15) is 59.3 Å². The van der Waals surface area contributed by atoms with Crippen molar-refractivity contribution in [3.05, 3.63) is 0 Å². The predicted molar refractivity (Wildman–Crippen MR) is 73.3 cm³/mol. The predicted octanol–water partition coefficient (Wildman–Crippen LogP) is 3.73. The monoisotopic (exact) mass is 259 g/mol. The van der Waals surface area contributed by atoms with E-state index in [0.717, 1.165) is 25.7 Å². The molecule has 1 rings (SSSR count). The number of hydrogen-bond donors (Lipinski definition) is 1. The van der Waals surface area contributed by atoms with E-state index in [-0.39, 0.29) is 22.6 Å². The van der Waals surface area contributed by atoms with Crippen LogP contribution in [0.15, 0.2) is 0 Å². The van der Waals surface area contributed by atoms with Gasteiger partial charge in [0, 0.05) is 17.8 Å². The molecule has 17 heavy (non-hydrogen) atoms. The van der Waals surface area contributed by atoms with Crippen molar-refractivity contribution >= 4 is 17.5 Å². The Morgan fingerprint density at radius 3 is 2.76 bits per heavy atom. The van der Waals surface area contributed by atoms with Gasteiger partial charge in [-0.2, -0.15) is 0 Å². The van der Waals surface area contributed by atoms with Crippen molar-refractivity contribution in [2.75, 3.05) is 6.54 Å². The van der Waals surface area contributed by atoms with E-state index < -0.39 is 0 Å². The molecular formula is C14H26ClNO. The van der Waals surface area contributed by atoms with Crippen LogP contribution >= 0.6 is 11.6 Å². The van der Waals surface area contributed by atoms with E-state index in [1.807, 2.05) is 0 Å². The first-order chi connectivity index (χ1) is 7.97. The zero-order chi connectivity index (χ0) is 12.9. The molecule has 0 aromatic carbocycles. The maximum Gasteiger partial charge on any atom is 0.223 e. The van der Waals surface area contributed by atoms with Gasteiger partial charge < -0.3 is 5.32 Å². The van der Waals surface area contributed by atoms with E-state index in [4.69, 9.17) is 11.6 Å². The lowest BCUT2D eigenvalue weighted by atomic mass is 9.68. The molecule has 1 saturated carbocycles. The highest BCUT2D eigenvalue weighted by Crippen LogP contribution is 2.40. The first-order valence-electron chi connectivity index (χ1n) is 6.89.